The van der Waals surface area contributed by atoms with Crippen LogP contribution in [0.5, 0.6) is 0 Å². The van der Waals surface area contributed by atoms with E-state index in [4.69, 9.17) is 0 Å². The number of anilines is 1. The molecule has 4 aromatic rings. The fraction of sp³-hybridized carbons (Fsp3) is 0.0800. The Kier molecular flexibility index (Phi) is 7.17. The van der Waals surface area contributed by atoms with E-state index in [1.54, 1.807) is 12.1 Å². The van der Waals surface area contributed by atoms with Crippen LogP contribution in [0.1, 0.15) is 16.7 Å². The van der Waals surface area contributed by atoms with Gasteiger partial charge in [-0.05, 0) is 89.1 Å². The summed E-state index contributed by atoms with van der Waals surface area (Å²) in [6.45, 7) is 3.88. The molecule has 178 valence electrons. The van der Waals surface area contributed by atoms with E-state index in [2.05, 4.69) is 20.8 Å². The summed E-state index contributed by atoms with van der Waals surface area (Å²) in [5.74, 6) is -0.608. The Morgan fingerprint density at radius 1 is 1.11 bits per heavy atom. The maximum atomic E-state index is 12.6. The number of tetrazole rings is 1. The van der Waals surface area contributed by atoms with Crippen molar-refractivity contribution >= 4 is 35.1 Å². The number of nitrogens with zero attached hydrogens (tertiary/aromatic N) is 6. The van der Waals surface area contributed by atoms with Crippen LogP contribution in [0, 0.1) is 35.3 Å². The first-order chi connectivity index (χ1) is 17.4. The molecular weight excluding hydrogens is 478 g/mol. The van der Waals surface area contributed by atoms with E-state index in [9.17, 15) is 20.2 Å². The number of nitro benzene ring substituents is 1. The second kappa shape index (κ2) is 10.6. The van der Waals surface area contributed by atoms with Gasteiger partial charge in [0.1, 0.15) is 11.6 Å². The van der Waals surface area contributed by atoms with Crippen LogP contribution in [0.25, 0.3) is 11.8 Å². The van der Waals surface area contributed by atoms with Gasteiger partial charge in [-0.1, -0.05) is 30.3 Å². The lowest BCUT2D eigenvalue weighted by atomic mass is 10.1. The Labute approximate surface area is 210 Å². The first-order valence-electron chi connectivity index (χ1n) is 10.7. The van der Waals surface area contributed by atoms with E-state index in [-0.39, 0.29) is 11.3 Å². The summed E-state index contributed by atoms with van der Waals surface area (Å²) in [6.07, 6.45) is 1.31. The second-order valence-electron chi connectivity index (χ2n) is 7.72. The molecule has 1 heterocycles. The van der Waals surface area contributed by atoms with Crippen molar-refractivity contribution in [2.24, 2.45) is 0 Å². The van der Waals surface area contributed by atoms with Gasteiger partial charge in [0.15, 0.2) is 0 Å². The third kappa shape index (κ3) is 5.45. The number of rotatable bonds is 7. The van der Waals surface area contributed by atoms with Crippen molar-refractivity contribution in [1.29, 1.82) is 5.26 Å². The first-order valence-corrected chi connectivity index (χ1v) is 11.5. The molecule has 0 aliphatic rings. The van der Waals surface area contributed by atoms with Gasteiger partial charge >= 0.3 is 0 Å². The maximum Gasteiger partial charge on any atom is 0.283 e. The summed E-state index contributed by atoms with van der Waals surface area (Å²) in [4.78, 5) is 24.2. The Balaban J connectivity index is 1.60. The lowest BCUT2D eigenvalue weighted by molar-refractivity contribution is -0.387. The molecular formula is C25H19N7O3S. The number of aromatic nitrogens is 4. The van der Waals surface area contributed by atoms with Gasteiger partial charge in [0, 0.05) is 11.8 Å². The SMILES string of the molecule is Cc1ccc(NC(=O)/C(C#N)=C/c2ccc(Sc3nnnn3-c3ccccc3)c([N+](=O)[O-])c2)cc1C. The summed E-state index contributed by atoms with van der Waals surface area (Å²) in [5, 5.41) is 36.0. The Morgan fingerprint density at radius 2 is 1.89 bits per heavy atom. The minimum atomic E-state index is -0.608. The number of nitro groups is 1. The lowest BCUT2D eigenvalue weighted by Gasteiger charge is -2.08. The molecule has 0 aliphatic heterocycles. The zero-order chi connectivity index (χ0) is 25.7. The molecule has 0 fully saturated rings. The van der Waals surface area contributed by atoms with Crippen LogP contribution in [0.2, 0.25) is 0 Å². The van der Waals surface area contributed by atoms with E-state index in [1.165, 1.54) is 22.9 Å². The number of benzene rings is 3. The van der Waals surface area contributed by atoms with E-state index in [0.29, 0.717) is 27.0 Å². The minimum absolute atomic E-state index is 0.184. The van der Waals surface area contributed by atoms with Crippen molar-refractivity contribution in [3.8, 4) is 11.8 Å². The minimum Gasteiger partial charge on any atom is -0.321 e. The average molecular weight is 498 g/mol. The van der Waals surface area contributed by atoms with Crippen molar-refractivity contribution in [2.75, 3.05) is 5.32 Å². The standard InChI is InChI=1S/C25H19N7O3S/c1-16-8-10-20(12-17(16)2)27-24(33)19(15-26)13-18-9-11-23(22(14-18)32(34)35)36-25-28-29-30-31(25)21-6-4-3-5-7-21/h3-14H,1-2H3,(H,27,33)/b19-13+. The molecule has 0 radical (unpaired) electrons. The van der Waals surface area contributed by atoms with Crippen molar-refractivity contribution in [3.63, 3.8) is 0 Å². The maximum absolute atomic E-state index is 12.6. The number of carbonyl (C=O) groups is 1. The van der Waals surface area contributed by atoms with Crippen LogP contribution in [0.3, 0.4) is 0 Å². The summed E-state index contributed by atoms with van der Waals surface area (Å²) in [7, 11) is 0. The van der Waals surface area contributed by atoms with Crippen LogP contribution < -0.4 is 5.32 Å². The Hall–Kier alpha value is -4.82. The highest BCUT2D eigenvalue weighted by molar-refractivity contribution is 7.99. The zero-order valence-corrected chi connectivity index (χ0v) is 20.1. The molecule has 0 saturated heterocycles. The van der Waals surface area contributed by atoms with Gasteiger partial charge in [-0.15, -0.1) is 5.10 Å². The Bertz CT molecular complexity index is 1520. The average Bonchev–Trinajstić information content (AvgIpc) is 3.34. The van der Waals surface area contributed by atoms with E-state index in [1.807, 2.05) is 62.4 Å². The van der Waals surface area contributed by atoms with E-state index < -0.39 is 10.8 Å². The van der Waals surface area contributed by atoms with Crippen molar-refractivity contribution < 1.29 is 9.72 Å². The molecule has 1 amide bonds. The monoisotopic (exact) mass is 497 g/mol. The third-order valence-electron chi connectivity index (χ3n) is 5.26. The second-order valence-corrected chi connectivity index (χ2v) is 8.73. The summed E-state index contributed by atoms with van der Waals surface area (Å²) in [6, 6.07) is 20.9. The van der Waals surface area contributed by atoms with Gasteiger partial charge in [0.05, 0.1) is 15.5 Å². The fourth-order valence-corrected chi connectivity index (χ4v) is 4.13. The molecule has 1 aromatic heterocycles. The number of nitriles is 1. The van der Waals surface area contributed by atoms with E-state index in [0.717, 1.165) is 22.9 Å². The number of amides is 1. The van der Waals surface area contributed by atoms with E-state index >= 15 is 0 Å². The molecule has 4 rings (SSSR count). The highest BCUT2D eigenvalue weighted by Gasteiger charge is 2.20. The predicted octanol–water partition coefficient (Wildman–Crippen LogP) is 4.88. The number of carbonyl (C=O) groups excluding carboxylic acids is 1. The molecule has 0 bridgehead atoms. The van der Waals surface area contributed by atoms with Gasteiger partial charge < -0.3 is 5.32 Å². The summed E-state index contributed by atoms with van der Waals surface area (Å²) in [5.41, 5.74) is 3.28. The molecule has 0 spiro atoms. The van der Waals surface area contributed by atoms with Crippen LogP contribution in [-0.4, -0.2) is 31.0 Å². The summed E-state index contributed by atoms with van der Waals surface area (Å²) >= 11 is 1.03. The predicted molar refractivity (Wildman–Crippen MR) is 135 cm³/mol. The molecule has 36 heavy (non-hydrogen) atoms. The first kappa shape index (κ1) is 24.3. The van der Waals surface area contributed by atoms with Crippen molar-refractivity contribution in [3.05, 3.63) is 99.1 Å². The third-order valence-corrected chi connectivity index (χ3v) is 6.27. The molecule has 1 N–H and O–H groups in total. The van der Waals surface area contributed by atoms with Crippen LogP contribution in [-0.2, 0) is 4.79 Å². The highest BCUT2D eigenvalue weighted by Crippen LogP contribution is 2.35. The largest absolute Gasteiger partial charge is 0.321 e. The van der Waals surface area contributed by atoms with Gasteiger partial charge in [-0.2, -0.15) is 9.94 Å². The smallest absolute Gasteiger partial charge is 0.283 e. The van der Waals surface area contributed by atoms with Crippen LogP contribution in [0.15, 0.2) is 82.4 Å². The van der Waals surface area contributed by atoms with Crippen LogP contribution >= 0.6 is 11.8 Å². The highest BCUT2D eigenvalue weighted by atomic mass is 32.2. The number of hydrogen-bond donors (Lipinski definition) is 1. The Morgan fingerprint density at radius 3 is 2.58 bits per heavy atom. The number of para-hydroxylation sites is 1. The quantitative estimate of drug-likeness (QED) is 0.165. The van der Waals surface area contributed by atoms with Gasteiger partial charge in [-0.25, -0.2) is 0 Å². The topological polar surface area (TPSA) is 140 Å². The summed E-state index contributed by atoms with van der Waals surface area (Å²) < 4.78 is 1.48. The fourth-order valence-electron chi connectivity index (χ4n) is 3.26. The molecule has 0 aliphatic carbocycles. The number of aryl methyl sites for hydroxylation is 2. The van der Waals surface area contributed by atoms with Crippen molar-refractivity contribution in [2.45, 2.75) is 23.9 Å². The molecule has 0 atom stereocenters. The molecule has 0 saturated carbocycles. The van der Waals surface area contributed by atoms with Crippen LogP contribution in [0.4, 0.5) is 11.4 Å². The van der Waals surface area contributed by atoms with Gasteiger partial charge in [-0.3, -0.25) is 14.9 Å². The normalized spacial score (nSPS) is 11.1. The molecule has 10 nitrogen and oxygen atoms in total. The molecule has 3 aromatic carbocycles. The zero-order valence-electron chi connectivity index (χ0n) is 19.2. The number of hydrogen-bond acceptors (Lipinski definition) is 8. The molecule has 11 heteroatoms. The lowest BCUT2D eigenvalue weighted by Crippen LogP contribution is -2.13. The van der Waals surface area contributed by atoms with Gasteiger partial charge in [0.2, 0.25) is 5.16 Å². The molecule has 0 unspecified atom stereocenters. The number of nitrogens with one attached hydrogen (secondary N) is 1. The van der Waals surface area contributed by atoms with Gasteiger partial charge in [0.25, 0.3) is 11.6 Å². The van der Waals surface area contributed by atoms with Crippen molar-refractivity contribution in [1.82, 2.24) is 20.2 Å².